The number of amides is 1. The van der Waals surface area contributed by atoms with Crippen molar-refractivity contribution in [1.29, 1.82) is 0 Å². The van der Waals surface area contributed by atoms with Crippen LogP contribution in [0.15, 0.2) is 0 Å². The number of hydrogen-bond acceptors (Lipinski definition) is 4. The van der Waals surface area contributed by atoms with Gasteiger partial charge >= 0.3 is 5.97 Å². The van der Waals surface area contributed by atoms with Crippen LogP contribution < -0.4 is 5.32 Å². The van der Waals surface area contributed by atoms with E-state index in [0.717, 1.165) is 0 Å². The summed E-state index contributed by atoms with van der Waals surface area (Å²) in [5.41, 5.74) is 0. The molecule has 0 spiro atoms. The highest BCUT2D eigenvalue weighted by Crippen LogP contribution is 2.36. The van der Waals surface area contributed by atoms with Crippen molar-refractivity contribution in [3.8, 4) is 0 Å². The van der Waals surface area contributed by atoms with E-state index in [4.69, 9.17) is 9.16 Å². The summed E-state index contributed by atoms with van der Waals surface area (Å²) in [6.07, 6.45) is 0.115. The zero-order chi connectivity index (χ0) is 14.8. The average Bonchev–Trinajstić information content (AvgIpc) is 2.21. The first-order valence-electron chi connectivity index (χ1n) is 6.66. The molecule has 1 rings (SSSR count). The van der Waals surface area contributed by atoms with Gasteiger partial charge in [-0.2, -0.15) is 0 Å². The summed E-state index contributed by atoms with van der Waals surface area (Å²) in [6, 6.07) is 0. The summed E-state index contributed by atoms with van der Waals surface area (Å²) >= 11 is 0. The lowest BCUT2D eigenvalue weighted by Gasteiger charge is -2.38. The fourth-order valence-corrected chi connectivity index (χ4v) is 2.68. The molecular weight excluding hydrogens is 262 g/mol. The number of ether oxygens (including phenoxy) is 1. The highest BCUT2D eigenvalue weighted by molar-refractivity contribution is 6.74. The van der Waals surface area contributed by atoms with Crippen LogP contribution in [-0.2, 0) is 18.8 Å². The molecule has 5 nitrogen and oxygen atoms in total. The van der Waals surface area contributed by atoms with Gasteiger partial charge in [-0.1, -0.05) is 20.8 Å². The molecule has 0 aromatic carbocycles. The summed E-state index contributed by atoms with van der Waals surface area (Å²) < 4.78 is 11.0. The van der Waals surface area contributed by atoms with Gasteiger partial charge in [0.15, 0.2) is 14.5 Å². The Hall–Kier alpha value is -0.883. The summed E-state index contributed by atoms with van der Waals surface area (Å²) in [7, 11) is -1.78. The average molecular weight is 287 g/mol. The standard InChI is InChI=1S/C13H25NO4Si/c1-9(15)18-12-10(11(16)14-12)7-8-17-19(5,6)13(2,3)4/h10,12H,7-8H2,1-6H3,(H,14,16)/t10?,12-/m1/s1. The molecule has 1 unspecified atom stereocenters. The maximum atomic E-state index is 11.4. The zero-order valence-electron chi connectivity index (χ0n) is 12.7. The van der Waals surface area contributed by atoms with E-state index in [1.54, 1.807) is 0 Å². The SMILES string of the molecule is CC(=O)O[C@H]1NC(=O)C1CCO[Si](C)(C)C(C)(C)C. The Morgan fingerprint density at radius 3 is 2.37 bits per heavy atom. The minimum absolute atomic E-state index is 0.0647. The third-order valence-corrected chi connectivity index (χ3v) is 8.52. The maximum Gasteiger partial charge on any atom is 0.304 e. The van der Waals surface area contributed by atoms with Crippen LogP contribution in [0.1, 0.15) is 34.1 Å². The molecule has 1 heterocycles. The van der Waals surface area contributed by atoms with Gasteiger partial charge in [-0.15, -0.1) is 0 Å². The van der Waals surface area contributed by atoms with Crippen molar-refractivity contribution in [2.45, 2.75) is 58.5 Å². The van der Waals surface area contributed by atoms with Crippen LogP contribution in [0.5, 0.6) is 0 Å². The van der Waals surface area contributed by atoms with Gasteiger partial charge in [0.25, 0.3) is 0 Å². The van der Waals surface area contributed by atoms with E-state index >= 15 is 0 Å². The monoisotopic (exact) mass is 287 g/mol. The molecule has 1 N–H and O–H groups in total. The normalized spacial score (nSPS) is 23.6. The van der Waals surface area contributed by atoms with Gasteiger partial charge in [-0.25, -0.2) is 0 Å². The maximum absolute atomic E-state index is 11.4. The molecule has 0 radical (unpaired) electrons. The van der Waals surface area contributed by atoms with Gasteiger partial charge < -0.3 is 14.5 Å². The van der Waals surface area contributed by atoms with Crippen LogP contribution in [0, 0.1) is 5.92 Å². The molecule has 1 saturated heterocycles. The second-order valence-corrected chi connectivity index (χ2v) is 11.4. The smallest absolute Gasteiger partial charge is 0.304 e. The molecule has 1 aliphatic heterocycles. The highest BCUT2D eigenvalue weighted by Gasteiger charge is 2.42. The first-order chi connectivity index (χ1) is 8.54. The first-order valence-corrected chi connectivity index (χ1v) is 9.57. The summed E-state index contributed by atoms with van der Waals surface area (Å²) in [6.45, 7) is 12.8. The van der Waals surface area contributed by atoms with E-state index in [1.165, 1.54) is 6.92 Å². The quantitative estimate of drug-likeness (QED) is 0.477. The second-order valence-electron chi connectivity index (χ2n) is 6.54. The fraction of sp³-hybridized carbons (Fsp3) is 0.846. The van der Waals surface area contributed by atoms with Crippen LogP contribution in [0.4, 0.5) is 0 Å². The van der Waals surface area contributed by atoms with Crippen molar-refractivity contribution in [2.75, 3.05) is 6.61 Å². The lowest BCUT2D eigenvalue weighted by atomic mass is 9.96. The summed E-state index contributed by atoms with van der Waals surface area (Å²) in [5.74, 6) is -0.709. The fourth-order valence-electron chi connectivity index (χ4n) is 1.62. The topological polar surface area (TPSA) is 64.6 Å². The van der Waals surface area contributed by atoms with Crippen LogP contribution in [0.3, 0.4) is 0 Å². The molecule has 6 heteroatoms. The lowest BCUT2D eigenvalue weighted by Crippen LogP contribution is -2.60. The van der Waals surface area contributed by atoms with Crippen LogP contribution in [0.25, 0.3) is 0 Å². The van der Waals surface area contributed by atoms with Crippen molar-refractivity contribution < 1.29 is 18.8 Å². The summed E-state index contributed by atoms with van der Waals surface area (Å²) in [4.78, 5) is 22.3. The highest BCUT2D eigenvalue weighted by atomic mass is 28.4. The molecule has 0 aromatic rings. The molecule has 0 aliphatic carbocycles. The second kappa shape index (κ2) is 5.62. The molecule has 1 aliphatic rings. The van der Waals surface area contributed by atoms with Gasteiger partial charge in [0, 0.05) is 13.5 Å². The van der Waals surface area contributed by atoms with E-state index in [-0.39, 0.29) is 22.8 Å². The third-order valence-electron chi connectivity index (χ3n) is 3.98. The largest absolute Gasteiger partial charge is 0.441 e. The molecule has 0 bridgehead atoms. The molecule has 2 atom stereocenters. The number of carbonyl (C=O) groups excluding carboxylic acids is 2. The molecular formula is C13H25NO4Si. The predicted molar refractivity (Wildman–Crippen MR) is 75.0 cm³/mol. The van der Waals surface area contributed by atoms with Crippen molar-refractivity contribution >= 4 is 20.2 Å². The lowest BCUT2D eigenvalue weighted by molar-refractivity contribution is -0.168. The van der Waals surface area contributed by atoms with Gasteiger partial charge in [-0.05, 0) is 24.6 Å². The Bertz CT molecular complexity index is 362. The molecule has 110 valence electrons. The van der Waals surface area contributed by atoms with E-state index in [1.807, 2.05) is 0 Å². The number of β-lactam (4-membered cyclic amide) rings is 1. The van der Waals surface area contributed by atoms with E-state index in [0.29, 0.717) is 13.0 Å². The number of hydrogen-bond donors (Lipinski definition) is 1. The molecule has 1 amide bonds. The van der Waals surface area contributed by atoms with Gasteiger partial charge in [-0.3, -0.25) is 9.59 Å². The van der Waals surface area contributed by atoms with Gasteiger partial charge in [0.05, 0.1) is 5.92 Å². The van der Waals surface area contributed by atoms with E-state index in [9.17, 15) is 9.59 Å². The van der Waals surface area contributed by atoms with Crippen LogP contribution in [0.2, 0.25) is 18.1 Å². The number of rotatable bonds is 5. The number of carbonyl (C=O) groups is 2. The van der Waals surface area contributed by atoms with Gasteiger partial charge in [0.1, 0.15) is 0 Å². The van der Waals surface area contributed by atoms with Crippen molar-refractivity contribution in [3.05, 3.63) is 0 Å². The summed E-state index contributed by atoms with van der Waals surface area (Å²) in [5, 5.41) is 2.73. The molecule has 0 aromatic heterocycles. The minimum Gasteiger partial charge on any atom is -0.441 e. The Balaban J connectivity index is 2.40. The zero-order valence-corrected chi connectivity index (χ0v) is 13.7. The van der Waals surface area contributed by atoms with E-state index < -0.39 is 14.5 Å². The van der Waals surface area contributed by atoms with Gasteiger partial charge in [0.2, 0.25) is 5.91 Å². The van der Waals surface area contributed by atoms with Crippen LogP contribution in [-0.4, -0.2) is 33.0 Å². The van der Waals surface area contributed by atoms with Crippen LogP contribution >= 0.6 is 0 Å². The number of esters is 1. The predicted octanol–water partition coefficient (Wildman–Crippen LogP) is 2.03. The molecule has 0 saturated carbocycles. The minimum atomic E-state index is -1.78. The first kappa shape index (κ1) is 16.2. The number of nitrogens with one attached hydrogen (secondary N) is 1. The Morgan fingerprint density at radius 1 is 1.37 bits per heavy atom. The Kier molecular flexibility index (Phi) is 4.79. The van der Waals surface area contributed by atoms with E-state index in [2.05, 4.69) is 39.2 Å². The Labute approximate surface area is 116 Å². The molecule has 1 fully saturated rings. The third kappa shape index (κ3) is 4.04. The van der Waals surface area contributed by atoms with Crippen molar-refractivity contribution in [3.63, 3.8) is 0 Å². The van der Waals surface area contributed by atoms with Crippen molar-refractivity contribution in [2.24, 2.45) is 5.92 Å². The van der Waals surface area contributed by atoms with Crippen molar-refractivity contribution in [1.82, 2.24) is 5.32 Å². The molecule has 19 heavy (non-hydrogen) atoms. The Morgan fingerprint density at radius 2 is 1.95 bits per heavy atom.